The molecule has 0 aromatic heterocycles. The lowest BCUT2D eigenvalue weighted by molar-refractivity contribution is -0.297. The standard InChI is InChI=1S/C22H29N3O6/c1-14(27)23-19-20(28)22(30,18(13-26)31-21(19)29)15-9-11-17(12-10-15)25(24(2)3)16-7-5-4-6-8-16/h4-12,18-21,26,28-30H,13H2,1-3H3,(H,23,27)/t18-,19-,20-,21-,22-/m1/s1. The second kappa shape index (κ2) is 9.31. The molecule has 1 aliphatic heterocycles. The van der Waals surface area contributed by atoms with Crippen molar-refractivity contribution < 1.29 is 30.0 Å². The number of hydrazine groups is 1. The largest absolute Gasteiger partial charge is 0.394 e. The predicted molar refractivity (Wildman–Crippen MR) is 114 cm³/mol. The molecule has 168 valence electrons. The van der Waals surface area contributed by atoms with Crippen LogP contribution in [0.4, 0.5) is 11.4 Å². The van der Waals surface area contributed by atoms with Crippen molar-refractivity contribution in [1.82, 2.24) is 10.3 Å². The molecule has 0 aliphatic carbocycles. The van der Waals surface area contributed by atoms with Crippen LogP contribution in [0.25, 0.3) is 0 Å². The predicted octanol–water partition coefficient (Wildman–Crippen LogP) is 0.0640. The van der Waals surface area contributed by atoms with Gasteiger partial charge in [0.05, 0.1) is 18.0 Å². The van der Waals surface area contributed by atoms with E-state index < -0.39 is 42.7 Å². The number of rotatable bonds is 6. The highest BCUT2D eigenvalue weighted by molar-refractivity contribution is 5.73. The van der Waals surface area contributed by atoms with Crippen molar-refractivity contribution in [2.75, 3.05) is 25.7 Å². The molecule has 1 saturated heterocycles. The first-order chi connectivity index (χ1) is 14.7. The smallest absolute Gasteiger partial charge is 0.217 e. The van der Waals surface area contributed by atoms with Gasteiger partial charge in [0.2, 0.25) is 5.91 Å². The van der Waals surface area contributed by atoms with E-state index >= 15 is 0 Å². The molecule has 2 aromatic carbocycles. The van der Waals surface area contributed by atoms with Crippen molar-refractivity contribution in [3.63, 3.8) is 0 Å². The van der Waals surface area contributed by atoms with Gasteiger partial charge in [-0.3, -0.25) is 9.80 Å². The Labute approximate surface area is 181 Å². The van der Waals surface area contributed by atoms with Gasteiger partial charge in [0.1, 0.15) is 23.9 Å². The summed E-state index contributed by atoms with van der Waals surface area (Å²) in [5.74, 6) is -0.503. The summed E-state index contributed by atoms with van der Waals surface area (Å²) in [5, 5.41) is 48.4. The van der Waals surface area contributed by atoms with E-state index in [1.807, 2.05) is 54.4 Å². The molecule has 2 aromatic rings. The van der Waals surface area contributed by atoms with Crippen LogP contribution in [0.5, 0.6) is 0 Å². The van der Waals surface area contributed by atoms with Gasteiger partial charge < -0.3 is 30.5 Å². The SMILES string of the molecule is CC(=O)N[C@H]1[C@H](O)O[C@H](CO)[C@](O)(c2ccc(N(c3ccccc3)N(C)C)cc2)[C@@H]1O. The number of anilines is 2. The molecule has 0 unspecified atom stereocenters. The lowest BCUT2D eigenvalue weighted by Crippen LogP contribution is -2.68. The third kappa shape index (κ3) is 4.42. The first kappa shape index (κ1) is 23.1. The van der Waals surface area contributed by atoms with E-state index in [0.717, 1.165) is 11.4 Å². The number of amides is 1. The molecule has 1 fully saturated rings. The molecule has 0 saturated carbocycles. The number of aliphatic hydroxyl groups excluding tert-OH is 3. The number of benzene rings is 2. The summed E-state index contributed by atoms with van der Waals surface area (Å²) in [6.07, 6.45) is -4.51. The summed E-state index contributed by atoms with van der Waals surface area (Å²) in [5.41, 5.74) is -0.0531. The van der Waals surface area contributed by atoms with E-state index in [1.165, 1.54) is 6.92 Å². The minimum Gasteiger partial charge on any atom is -0.394 e. The summed E-state index contributed by atoms with van der Waals surface area (Å²) in [7, 11) is 3.79. The number of aliphatic hydroxyl groups is 4. The Balaban J connectivity index is 1.97. The third-order valence-electron chi connectivity index (χ3n) is 5.40. The summed E-state index contributed by atoms with van der Waals surface area (Å²) in [6.45, 7) is 0.581. The number of hydrogen-bond donors (Lipinski definition) is 5. The van der Waals surface area contributed by atoms with Gasteiger partial charge in [0.15, 0.2) is 6.29 Å². The summed E-state index contributed by atoms with van der Waals surface area (Å²) < 4.78 is 5.34. The van der Waals surface area contributed by atoms with Crippen molar-refractivity contribution in [3.05, 3.63) is 60.2 Å². The fraction of sp³-hybridized carbons (Fsp3) is 0.409. The Hall–Kier alpha value is -2.53. The zero-order valence-corrected chi connectivity index (χ0v) is 17.7. The van der Waals surface area contributed by atoms with Gasteiger partial charge in [-0.05, 0) is 29.8 Å². The minimum absolute atomic E-state index is 0.275. The number of carbonyl (C=O) groups excluding carboxylic acids is 1. The molecule has 9 nitrogen and oxygen atoms in total. The van der Waals surface area contributed by atoms with Crippen LogP contribution in [0, 0.1) is 0 Å². The Morgan fingerprint density at radius 2 is 1.65 bits per heavy atom. The van der Waals surface area contributed by atoms with Gasteiger partial charge in [-0.25, -0.2) is 5.01 Å². The average Bonchev–Trinajstić information content (AvgIpc) is 2.74. The van der Waals surface area contributed by atoms with E-state index in [2.05, 4.69) is 5.32 Å². The Morgan fingerprint density at radius 1 is 1.06 bits per heavy atom. The fourth-order valence-corrected chi connectivity index (χ4v) is 3.95. The van der Waals surface area contributed by atoms with E-state index in [4.69, 9.17) is 4.74 Å². The van der Waals surface area contributed by atoms with Crippen LogP contribution in [-0.4, -0.2) is 76.6 Å². The normalized spacial score (nSPS) is 28.4. The molecule has 0 radical (unpaired) electrons. The zero-order chi connectivity index (χ0) is 22.8. The topological polar surface area (TPSA) is 126 Å². The highest BCUT2D eigenvalue weighted by atomic mass is 16.6. The van der Waals surface area contributed by atoms with Gasteiger partial charge in [0.25, 0.3) is 0 Å². The molecule has 1 amide bonds. The van der Waals surface area contributed by atoms with Crippen LogP contribution in [0.3, 0.4) is 0 Å². The van der Waals surface area contributed by atoms with Crippen LogP contribution >= 0.6 is 0 Å². The lowest BCUT2D eigenvalue weighted by Gasteiger charge is -2.48. The van der Waals surface area contributed by atoms with Crippen LogP contribution in [0.2, 0.25) is 0 Å². The van der Waals surface area contributed by atoms with Crippen LogP contribution < -0.4 is 10.3 Å². The van der Waals surface area contributed by atoms with Gasteiger partial charge >= 0.3 is 0 Å². The summed E-state index contributed by atoms with van der Waals surface area (Å²) >= 11 is 0. The van der Waals surface area contributed by atoms with Crippen molar-refractivity contribution in [2.45, 2.75) is 37.1 Å². The number of hydrogen-bond acceptors (Lipinski definition) is 8. The molecule has 1 heterocycles. The molecule has 31 heavy (non-hydrogen) atoms. The molecular formula is C22H29N3O6. The molecule has 0 spiro atoms. The van der Waals surface area contributed by atoms with Gasteiger partial charge in [-0.1, -0.05) is 30.3 Å². The van der Waals surface area contributed by atoms with Crippen molar-refractivity contribution in [2.24, 2.45) is 0 Å². The van der Waals surface area contributed by atoms with Crippen molar-refractivity contribution in [1.29, 1.82) is 0 Å². The van der Waals surface area contributed by atoms with Crippen molar-refractivity contribution >= 4 is 17.3 Å². The molecule has 9 heteroatoms. The lowest BCUT2D eigenvalue weighted by atomic mass is 9.77. The second-order valence-corrected chi connectivity index (χ2v) is 7.74. The highest BCUT2D eigenvalue weighted by Gasteiger charge is 2.55. The number of ether oxygens (including phenoxy) is 1. The maximum atomic E-state index is 11.5. The average molecular weight is 431 g/mol. The monoisotopic (exact) mass is 431 g/mol. The van der Waals surface area contributed by atoms with Gasteiger partial charge in [0, 0.05) is 21.0 Å². The van der Waals surface area contributed by atoms with Crippen LogP contribution in [0.1, 0.15) is 12.5 Å². The molecule has 1 aliphatic rings. The number of para-hydroxylation sites is 1. The summed E-state index contributed by atoms with van der Waals surface area (Å²) in [6, 6.07) is 15.2. The van der Waals surface area contributed by atoms with E-state index in [1.54, 1.807) is 24.3 Å². The third-order valence-corrected chi connectivity index (χ3v) is 5.40. The Bertz CT molecular complexity index is 879. The Morgan fingerprint density at radius 3 is 2.16 bits per heavy atom. The van der Waals surface area contributed by atoms with E-state index in [-0.39, 0.29) is 5.56 Å². The fourth-order valence-electron chi connectivity index (χ4n) is 3.95. The minimum atomic E-state index is -2.06. The zero-order valence-electron chi connectivity index (χ0n) is 17.7. The van der Waals surface area contributed by atoms with Gasteiger partial charge in [-0.15, -0.1) is 0 Å². The molecule has 5 atom stereocenters. The molecular weight excluding hydrogens is 402 g/mol. The highest BCUT2D eigenvalue weighted by Crippen LogP contribution is 2.39. The van der Waals surface area contributed by atoms with Crippen LogP contribution in [-0.2, 0) is 15.1 Å². The van der Waals surface area contributed by atoms with Crippen LogP contribution in [0.15, 0.2) is 54.6 Å². The molecule has 3 rings (SSSR count). The van der Waals surface area contributed by atoms with E-state index in [9.17, 15) is 25.2 Å². The number of nitrogens with zero attached hydrogens (tertiary/aromatic N) is 2. The molecule has 5 N–H and O–H groups in total. The number of carbonyl (C=O) groups is 1. The van der Waals surface area contributed by atoms with Crippen molar-refractivity contribution in [3.8, 4) is 0 Å². The second-order valence-electron chi connectivity index (χ2n) is 7.74. The molecule has 0 bridgehead atoms. The van der Waals surface area contributed by atoms with E-state index in [0.29, 0.717) is 0 Å². The Kier molecular flexibility index (Phi) is 6.95. The maximum Gasteiger partial charge on any atom is 0.217 e. The quantitative estimate of drug-likeness (QED) is 0.407. The maximum absolute atomic E-state index is 11.5. The van der Waals surface area contributed by atoms with Gasteiger partial charge in [-0.2, -0.15) is 0 Å². The first-order valence-corrected chi connectivity index (χ1v) is 9.95. The summed E-state index contributed by atoms with van der Waals surface area (Å²) in [4.78, 5) is 11.5. The first-order valence-electron chi connectivity index (χ1n) is 9.95. The number of nitrogens with one attached hydrogen (secondary N) is 1.